The second-order valence-corrected chi connectivity index (χ2v) is 8.38. The SMILES string of the molecule is CCCC(C)(C)NS(=O)(=O)c1c(Br)cc(N)cc1Br. The molecule has 0 heterocycles. The number of rotatable bonds is 5. The molecule has 4 nitrogen and oxygen atoms in total. The Morgan fingerprint density at radius 1 is 1.26 bits per heavy atom. The number of halogens is 2. The summed E-state index contributed by atoms with van der Waals surface area (Å²) in [6.07, 6.45) is 1.66. The average Bonchev–Trinajstić information content (AvgIpc) is 2.11. The Balaban J connectivity index is 3.22. The van der Waals surface area contributed by atoms with Gasteiger partial charge in [0.25, 0.3) is 0 Å². The Morgan fingerprint density at radius 2 is 1.74 bits per heavy atom. The molecule has 0 aliphatic rings. The summed E-state index contributed by atoms with van der Waals surface area (Å²) in [5.74, 6) is 0. The van der Waals surface area contributed by atoms with Crippen LogP contribution in [-0.2, 0) is 10.0 Å². The molecule has 0 spiro atoms. The van der Waals surface area contributed by atoms with Crippen molar-refractivity contribution in [1.29, 1.82) is 0 Å². The topological polar surface area (TPSA) is 72.2 Å². The molecule has 7 heteroatoms. The van der Waals surface area contributed by atoms with E-state index in [4.69, 9.17) is 5.73 Å². The van der Waals surface area contributed by atoms with Crippen molar-refractivity contribution in [2.75, 3.05) is 5.73 Å². The minimum absolute atomic E-state index is 0.172. The zero-order chi connectivity index (χ0) is 14.8. The zero-order valence-corrected chi connectivity index (χ0v) is 15.1. The molecule has 3 N–H and O–H groups in total. The molecule has 0 aliphatic carbocycles. The fraction of sp³-hybridized carbons (Fsp3) is 0.500. The number of nitrogen functional groups attached to an aromatic ring is 1. The van der Waals surface area contributed by atoms with Gasteiger partial charge in [-0.2, -0.15) is 0 Å². The van der Waals surface area contributed by atoms with Gasteiger partial charge >= 0.3 is 0 Å². The summed E-state index contributed by atoms with van der Waals surface area (Å²) in [5, 5.41) is 0. The number of benzene rings is 1. The third-order valence-corrected chi connectivity index (χ3v) is 6.15. The minimum atomic E-state index is -3.62. The highest BCUT2D eigenvalue weighted by atomic mass is 79.9. The van der Waals surface area contributed by atoms with Gasteiger partial charge in [-0.15, -0.1) is 0 Å². The maximum atomic E-state index is 12.5. The molecule has 1 aromatic carbocycles. The lowest BCUT2D eigenvalue weighted by molar-refractivity contribution is 0.417. The monoisotopic (exact) mass is 412 g/mol. The first-order valence-corrected chi connectivity index (χ1v) is 8.94. The molecule has 108 valence electrons. The van der Waals surface area contributed by atoms with E-state index in [-0.39, 0.29) is 4.90 Å². The van der Waals surface area contributed by atoms with Gasteiger partial charge in [0.05, 0.1) is 0 Å². The van der Waals surface area contributed by atoms with E-state index in [1.807, 2.05) is 20.8 Å². The van der Waals surface area contributed by atoms with Crippen molar-refractivity contribution in [3.63, 3.8) is 0 Å². The van der Waals surface area contributed by atoms with Gasteiger partial charge in [-0.25, -0.2) is 13.1 Å². The fourth-order valence-corrected chi connectivity index (χ4v) is 5.99. The van der Waals surface area contributed by atoms with Gasteiger partial charge in [-0.1, -0.05) is 13.3 Å². The Kier molecular flexibility index (Phi) is 5.45. The molecule has 19 heavy (non-hydrogen) atoms. The van der Waals surface area contributed by atoms with Crippen LogP contribution in [-0.4, -0.2) is 14.0 Å². The highest BCUT2D eigenvalue weighted by molar-refractivity contribution is 9.11. The van der Waals surface area contributed by atoms with Gasteiger partial charge in [-0.05, 0) is 64.3 Å². The van der Waals surface area contributed by atoms with Crippen LogP contribution in [0.1, 0.15) is 33.6 Å². The van der Waals surface area contributed by atoms with E-state index < -0.39 is 15.6 Å². The summed E-state index contributed by atoms with van der Waals surface area (Å²) in [7, 11) is -3.62. The number of anilines is 1. The fourth-order valence-electron chi connectivity index (χ4n) is 1.93. The van der Waals surface area contributed by atoms with Crippen molar-refractivity contribution < 1.29 is 8.42 Å². The van der Waals surface area contributed by atoms with E-state index in [0.29, 0.717) is 14.6 Å². The number of nitrogens with one attached hydrogen (secondary N) is 1. The molecule has 0 amide bonds. The number of hydrogen-bond acceptors (Lipinski definition) is 3. The summed E-state index contributed by atoms with van der Waals surface area (Å²) < 4.78 is 28.5. The van der Waals surface area contributed by atoms with Crippen molar-refractivity contribution in [3.05, 3.63) is 21.1 Å². The van der Waals surface area contributed by atoms with Crippen molar-refractivity contribution in [2.24, 2.45) is 0 Å². The van der Waals surface area contributed by atoms with Gasteiger partial charge < -0.3 is 5.73 Å². The van der Waals surface area contributed by atoms with E-state index in [2.05, 4.69) is 36.6 Å². The Hall–Kier alpha value is -0.110. The molecule has 0 atom stereocenters. The summed E-state index contributed by atoms with van der Waals surface area (Å²) in [4.78, 5) is 0.172. The highest BCUT2D eigenvalue weighted by Gasteiger charge is 2.28. The maximum Gasteiger partial charge on any atom is 0.243 e. The van der Waals surface area contributed by atoms with Crippen molar-refractivity contribution >= 4 is 47.6 Å². The smallest absolute Gasteiger partial charge is 0.243 e. The quantitative estimate of drug-likeness (QED) is 0.723. The molecular weight excluding hydrogens is 396 g/mol. The molecule has 0 fully saturated rings. The Bertz CT molecular complexity index is 548. The first-order chi connectivity index (χ1) is 8.59. The van der Waals surface area contributed by atoms with Crippen LogP contribution in [0.15, 0.2) is 26.0 Å². The summed E-state index contributed by atoms with van der Waals surface area (Å²) in [6.45, 7) is 5.76. The van der Waals surface area contributed by atoms with Gasteiger partial charge in [0.1, 0.15) is 4.90 Å². The second-order valence-electron chi connectivity index (χ2n) is 5.05. The zero-order valence-electron chi connectivity index (χ0n) is 11.1. The molecule has 0 radical (unpaired) electrons. The molecular formula is C12H18Br2N2O2S. The molecule has 0 saturated heterocycles. The average molecular weight is 414 g/mol. The minimum Gasteiger partial charge on any atom is -0.399 e. The van der Waals surface area contributed by atoms with Crippen LogP contribution < -0.4 is 10.5 Å². The second kappa shape index (κ2) is 6.11. The summed E-state index contributed by atoms with van der Waals surface area (Å²) in [6, 6.07) is 3.15. The molecule has 0 aromatic heterocycles. The van der Waals surface area contributed by atoms with Crippen LogP contribution in [0, 0.1) is 0 Å². The summed E-state index contributed by atoms with van der Waals surface area (Å²) >= 11 is 6.50. The lowest BCUT2D eigenvalue weighted by atomic mass is 10.0. The van der Waals surface area contributed by atoms with E-state index in [0.717, 1.165) is 12.8 Å². The van der Waals surface area contributed by atoms with Crippen LogP contribution in [0.4, 0.5) is 5.69 Å². The van der Waals surface area contributed by atoms with Gasteiger partial charge in [0.15, 0.2) is 0 Å². The molecule has 1 rings (SSSR count). The van der Waals surface area contributed by atoms with Crippen LogP contribution in [0.5, 0.6) is 0 Å². The third-order valence-electron chi connectivity index (χ3n) is 2.57. The first kappa shape index (κ1) is 16.9. The number of hydrogen-bond donors (Lipinski definition) is 2. The maximum absolute atomic E-state index is 12.5. The van der Waals surface area contributed by atoms with Crippen LogP contribution in [0.3, 0.4) is 0 Å². The lowest BCUT2D eigenvalue weighted by Gasteiger charge is -2.26. The largest absolute Gasteiger partial charge is 0.399 e. The number of nitrogens with two attached hydrogens (primary N) is 1. The highest BCUT2D eigenvalue weighted by Crippen LogP contribution is 2.33. The van der Waals surface area contributed by atoms with E-state index >= 15 is 0 Å². The Labute approximate surface area is 131 Å². The van der Waals surface area contributed by atoms with Crippen LogP contribution in [0.25, 0.3) is 0 Å². The Morgan fingerprint density at radius 3 is 2.16 bits per heavy atom. The predicted molar refractivity (Wildman–Crippen MR) is 85.6 cm³/mol. The third kappa shape index (κ3) is 4.44. The van der Waals surface area contributed by atoms with E-state index in [9.17, 15) is 8.42 Å². The van der Waals surface area contributed by atoms with Crippen LogP contribution >= 0.6 is 31.9 Å². The molecule has 0 unspecified atom stereocenters. The number of sulfonamides is 1. The van der Waals surface area contributed by atoms with Crippen LogP contribution in [0.2, 0.25) is 0 Å². The molecule has 1 aromatic rings. The van der Waals surface area contributed by atoms with Crippen molar-refractivity contribution in [2.45, 2.75) is 44.0 Å². The molecule has 0 aliphatic heterocycles. The lowest BCUT2D eigenvalue weighted by Crippen LogP contribution is -2.43. The summed E-state index contributed by atoms with van der Waals surface area (Å²) in [5.41, 5.74) is 5.67. The standard InChI is InChI=1S/C12H18Br2N2O2S/c1-4-5-12(2,3)16-19(17,18)11-9(13)6-8(15)7-10(11)14/h6-7,16H,4-5,15H2,1-3H3. The van der Waals surface area contributed by atoms with E-state index in [1.165, 1.54) is 0 Å². The van der Waals surface area contributed by atoms with Gasteiger partial charge in [0, 0.05) is 20.2 Å². The van der Waals surface area contributed by atoms with Gasteiger partial charge in [-0.3, -0.25) is 0 Å². The van der Waals surface area contributed by atoms with E-state index in [1.54, 1.807) is 12.1 Å². The van der Waals surface area contributed by atoms with Crippen molar-refractivity contribution in [3.8, 4) is 0 Å². The molecule has 0 saturated carbocycles. The van der Waals surface area contributed by atoms with Gasteiger partial charge in [0.2, 0.25) is 10.0 Å². The normalized spacial score (nSPS) is 12.7. The predicted octanol–water partition coefficient (Wildman–Crippen LogP) is 3.65. The first-order valence-electron chi connectivity index (χ1n) is 5.87. The van der Waals surface area contributed by atoms with Crippen molar-refractivity contribution in [1.82, 2.24) is 4.72 Å². The molecule has 0 bridgehead atoms.